The highest BCUT2D eigenvalue weighted by molar-refractivity contribution is 8.00. The normalized spacial score (nSPS) is 20.5. The lowest BCUT2D eigenvalue weighted by Crippen LogP contribution is -2.23. The molecular weight excluding hydrogens is 217 g/mol. The quantitative estimate of drug-likeness (QED) is 0.772. The number of carbonyl (C=O) groups excluding carboxylic acids is 2. The number of hydrogen-bond donors (Lipinski definition) is 1. The monoisotopic (exact) mass is 225 g/mol. The summed E-state index contributed by atoms with van der Waals surface area (Å²) < 4.78 is 13.2. The van der Waals surface area contributed by atoms with Crippen molar-refractivity contribution in [1.82, 2.24) is 5.32 Å². The lowest BCUT2D eigenvalue weighted by molar-refractivity contribution is -0.124. The van der Waals surface area contributed by atoms with E-state index < -0.39 is 5.25 Å². The van der Waals surface area contributed by atoms with E-state index in [9.17, 15) is 14.0 Å². The third kappa shape index (κ3) is 2.18. The Morgan fingerprint density at radius 1 is 1.33 bits per heavy atom. The molecular formula is C10H8FNO2S. The molecule has 2 rings (SSSR count). The van der Waals surface area contributed by atoms with Gasteiger partial charge in [-0.25, -0.2) is 4.39 Å². The fraction of sp³-hybridized carbons (Fsp3) is 0.200. The highest BCUT2D eigenvalue weighted by Crippen LogP contribution is 2.29. The molecule has 1 heterocycles. The first-order valence-corrected chi connectivity index (χ1v) is 5.29. The summed E-state index contributed by atoms with van der Waals surface area (Å²) in [6.45, 7) is 0. The van der Waals surface area contributed by atoms with E-state index in [0.29, 0.717) is 4.90 Å². The van der Waals surface area contributed by atoms with Gasteiger partial charge in [-0.05, 0) is 12.1 Å². The average Bonchev–Trinajstić information content (AvgIpc) is 2.49. The fourth-order valence-corrected chi connectivity index (χ4v) is 2.36. The molecule has 5 heteroatoms. The van der Waals surface area contributed by atoms with E-state index in [1.165, 1.54) is 6.07 Å². The fourth-order valence-electron chi connectivity index (χ4n) is 1.32. The van der Waals surface area contributed by atoms with E-state index in [-0.39, 0.29) is 24.1 Å². The number of amides is 2. The summed E-state index contributed by atoms with van der Waals surface area (Å²) in [6.07, 6.45) is 0.123. The first-order valence-electron chi connectivity index (χ1n) is 4.41. The van der Waals surface area contributed by atoms with Gasteiger partial charge in [0.1, 0.15) is 5.82 Å². The van der Waals surface area contributed by atoms with Crippen LogP contribution in [0, 0.1) is 5.82 Å². The SMILES string of the molecule is O=C1CC(Sc2ccccc2F)C(=O)N1. The molecule has 1 atom stereocenters. The molecule has 1 saturated heterocycles. The van der Waals surface area contributed by atoms with Gasteiger partial charge < -0.3 is 0 Å². The summed E-state index contributed by atoms with van der Waals surface area (Å²) in [7, 11) is 0. The van der Waals surface area contributed by atoms with Crippen molar-refractivity contribution in [1.29, 1.82) is 0 Å². The summed E-state index contributed by atoms with van der Waals surface area (Å²) in [5.41, 5.74) is 0. The number of thioether (sulfide) groups is 1. The zero-order valence-electron chi connectivity index (χ0n) is 7.70. The number of nitrogens with one attached hydrogen (secondary N) is 1. The van der Waals surface area contributed by atoms with Crippen molar-refractivity contribution < 1.29 is 14.0 Å². The van der Waals surface area contributed by atoms with Crippen molar-refractivity contribution in [3.8, 4) is 0 Å². The van der Waals surface area contributed by atoms with E-state index in [0.717, 1.165) is 11.8 Å². The van der Waals surface area contributed by atoms with E-state index in [1.807, 2.05) is 0 Å². The Labute approximate surface area is 90.0 Å². The van der Waals surface area contributed by atoms with Crippen molar-refractivity contribution in [3.05, 3.63) is 30.1 Å². The zero-order chi connectivity index (χ0) is 10.8. The maximum atomic E-state index is 13.2. The van der Waals surface area contributed by atoms with Gasteiger partial charge in [-0.3, -0.25) is 14.9 Å². The predicted octanol–water partition coefficient (Wildman–Crippen LogP) is 1.33. The molecule has 1 unspecified atom stereocenters. The molecule has 0 saturated carbocycles. The summed E-state index contributed by atoms with van der Waals surface area (Å²) in [5, 5.41) is 1.68. The summed E-state index contributed by atoms with van der Waals surface area (Å²) in [4.78, 5) is 22.5. The molecule has 0 bridgehead atoms. The van der Waals surface area contributed by atoms with Gasteiger partial charge in [-0.2, -0.15) is 0 Å². The molecule has 1 aliphatic heterocycles. The zero-order valence-corrected chi connectivity index (χ0v) is 8.51. The maximum absolute atomic E-state index is 13.2. The molecule has 1 aromatic carbocycles. The van der Waals surface area contributed by atoms with Crippen LogP contribution < -0.4 is 5.32 Å². The Hall–Kier alpha value is -1.36. The maximum Gasteiger partial charge on any atom is 0.240 e. The molecule has 3 nitrogen and oxygen atoms in total. The Morgan fingerprint density at radius 2 is 2.07 bits per heavy atom. The third-order valence-electron chi connectivity index (χ3n) is 2.03. The third-order valence-corrected chi connectivity index (χ3v) is 3.28. The van der Waals surface area contributed by atoms with Gasteiger partial charge in [0.2, 0.25) is 11.8 Å². The van der Waals surface area contributed by atoms with Gasteiger partial charge >= 0.3 is 0 Å². The van der Waals surface area contributed by atoms with Crippen molar-refractivity contribution in [2.45, 2.75) is 16.6 Å². The standard InChI is InChI=1S/C10H8FNO2S/c11-6-3-1-2-4-7(6)15-8-5-9(13)12-10(8)14/h1-4,8H,5H2,(H,12,13,14). The minimum Gasteiger partial charge on any atom is -0.295 e. The summed E-state index contributed by atoms with van der Waals surface area (Å²) in [5.74, 6) is -1.00. The minimum atomic E-state index is -0.505. The lowest BCUT2D eigenvalue weighted by Gasteiger charge is -2.05. The largest absolute Gasteiger partial charge is 0.295 e. The highest BCUT2D eigenvalue weighted by Gasteiger charge is 2.31. The molecule has 15 heavy (non-hydrogen) atoms. The first kappa shape index (κ1) is 10.2. The number of benzene rings is 1. The van der Waals surface area contributed by atoms with Crippen molar-refractivity contribution in [2.75, 3.05) is 0 Å². The predicted molar refractivity (Wildman–Crippen MR) is 53.8 cm³/mol. The molecule has 1 fully saturated rings. The Bertz CT molecular complexity index is 422. The van der Waals surface area contributed by atoms with Crippen molar-refractivity contribution in [3.63, 3.8) is 0 Å². The number of hydrogen-bond acceptors (Lipinski definition) is 3. The number of rotatable bonds is 2. The second-order valence-electron chi connectivity index (χ2n) is 3.15. The Morgan fingerprint density at radius 3 is 2.67 bits per heavy atom. The topological polar surface area (TPSA) is 46.2 Å². The molecule has 1 N–H and O–H groups in total. The van der Waals surface area contributed by atoms with Crippen molar-refractivity contribution >= 4 is 23.6 Å². The number of halogens is 1. The second kappa shape index (κ2) is 4.02. The van der Waals surface area contributed by atoms with E-state index in [4.69, 9.17) is 0 Å². The second-order valence-corrected chi connectivity index (χ2v) is 4.40. The molecule has 0 radical (unpaired) electrons. The average molecular weight is 225 g/mol. The molecule has 1 aromatic rings. The molecule has 1 aliphatic rings. The van der Waals surface area contributed by atoms with Gasteiger partial charge in [-0.1, -0.05) is 12.1 Å². The van der Waals surface area contributed by atoms with Gasteiger partial charge in [-0.15, -0.1) is 11.8 Å². The van der Waals surface area contributed by atoms with Crippen LogP contribution in [0.2, 0.25) is 0 Å². The van der Waals surface area contributed by atoms with Crippen LogP contribution in [-0.4, -0.2) is 17.1 Å². The number of imide groups is 1. The van der Waals surface area contributed by atoms with Crippen LogP contribution in [-0.2, 0) is 9.59 Å². The molecule has 0 aromatic heterocycles. The smallest absolute Gasteiger partial charge is 0.240 e. The molecule has 0 aliphatic carbocycles. The van der Waals surface area contributed by atoms with Gasteiger partial charge in [0, 0.05) is 11.3 Å². The van der Waals surface area contributed by atoms with Gasteiger partial charge in [0.05, 0.1) is 5.25 Å². The van der Waals surface area contributed by atoms with Gasteiger partial charge in [0.25, 0.3) is 0 Å². The van der Waals surface area contributed by atoms with Crippen LogP contribution in [0.25, 0.3) is 0 Å². The lowest BCUT2D eigenvalue weighted by atomic mass is 10.3. The number of carbonyl (C=O) groups is 2. The molecule has 78 valence electrons. The van der Waals surface area contributed by atoms with Crippen LogP contribution in [0.3, 0.4) is 0 Å². The van der Waals surface area contributed by atoms with E-state index in [2.05, 4.69) is 5.32 Å². The van der Waals surface area contributed by atoms with Gasteiger partial charge in [0.15, 0.2) is 0 Å². The molecule has 0 spiro atoms. The van der Waals surface area contributed by atoms with Crippen molar-refractivity contribution in [2.24, 2.45) is 0 Å². The van der Waals surface area contributed by atoms with Crippen LogP contribution in [0.5, 0.6) is 0 Å². The minimum absolute atomic E-state index is 0.123. The Balaban J connectivity index is 2.13. The summed E-state index contributed by atoms with van der Waals surface area (Å²) >= 11 is 1.08. The van der Waals surface area contributed by atoms with Crippen LogP contribution in [0.15, 0.2) is 29.2 Å². The van der Waals surface area contributed by atoms with E-state index in [1.54, 1.807) is 18.2 Å². The van der Waals surface area contributed by atoms with Crippen LogP contribution in [0.4, 0.5) is 4.39 Å². The summed E-state index contributed by atoms with van der Waals surface area (Å²) in [6, 6.07) is 6.20. The van der Waals surface area contributed by atoms with Crippen LogP contribution >= 0.6 is 11.8 Å². The van der Waals surface area contributed by atoms with E-state index >= 15 is 0 Å². The Kier molecular flexibility index (Phi) is 2.73. The van der Waals surface area contributed by atoms with Crippen LogP contribution in [0.1, 0.15) is 6.42 Å². The first-order chi connectivity index (χ1) is 7.16. The highest BCUT2D eigenvalue weighted by atomic mass is 32.2. The molecule has 2 amide bonds.